The van der Waals surface area contributed by atoms with Gasteiger partial charge in [-0.05, 0) is 73.2 Å². The van der Waals surface area contributed by atoms with E-state index >= 15 is 0 Å². The number of likely N-dealkylation sites (tertiary alicyclic amines) is 1. The molecule has 2 amide bonds. The number of hydrogen-bond acceptors (Lipinski definition) is 3. The minimum absolute atomic E-state index is 0.0154. The molecule has 9 heteroatoms. The number of benzene rings is 2. The SMILES string of the molecule is Cc1ccc(C(=O)N2CCC(c3ccc(Cl)cc3)CC2)cc1NC(=O)c1ccc(C(F)(F)F)nc1. The summed E-state index contributed by atoms with van der Waals surface area (Å²) < 4.78 is 38.1. The van der Waals surface area contributed by atoms with Crippen LogP contribution in [0.25, 0.3) is 0 Å². The Morgan fingerprint density at radius 3 is 2.26 bits per heavy atom. The van der Waals surface area contributed by atoms with Crippen molar-refractivity contribution in [1.29, 1.82) is 0 Å². The number of carbonyl (C=O) groups is 2. The minimum Gasteiger partial charge on any atom is -0.339 e. The zero-order valence-corrected chi connectivity index (χ0v) is 19.7. The van der Waals surface area contributed by atoms with Crippen molar-refractivity contribution in [2.24, 2.45) is 0 Å². The lowest BCUT2D eigenvalue weighted by atomic mass is 9.89. The van der Waals surface area contributed by atoms with Gasteiger partial charge in [0.25, 0.3) is 11.8 Å². The van der Waals surface area contributed by atoms with Gasteiger partial charge in [-0.25, -0.2) is 0 Å². The molecular formula is C26H23ClF3N3O2. The Morgan fingerprint density at radius 2 is 1.66 bits per heavy atom. The molecule has 2 heterocycles. The van der Waals surface area contributed by atoms with E-state index in [1.807, 2.05) is 24.3 Å². The summed E-state index contributed by atoms with van der Waals surface area (Å²) in [6, 6.07) is 14.6. The summed E-state index contributed by atoms with van der Waals surface area (Å²) in [6.07, 6.45) is -2.02. The first-order chi connectivity index (χ1) is 16.6. The zero-order valence-electron chi connectivity index (χ0n) is 18.9. The molecule has 1 saturated heterocycles. The maximum absolute atomic E-state index is 13.1. The van der Waals surface area contributed by atoms with Crippen LogP contribution in [0.2, 0.25) is 5.02 Å². The lowest BCUT2D eigenvalue weighted by Crippen LogP contribution is -2.38. The fourth-order valence-electron chi connectivity index (χ4n) is 4.11. The van der Waals surface area contributed by atoms with Crippen LogP contribution in [0.5, 0.6) is 0 Å². The summed E-state index contributed by atoms with van der Waals surface area (Å²) in [6.45, 7) is 2.99. The molecule has 1 N–H and O–H groups in total. The summed E-state index contributed by atoms with van der Waals surface area (Å²) in [5.74, 6) is -0.379. The zero-order chi connectivity index (χ0) is 25.2. The van der Waals surface area contributed by atoms with E-state index < -0.39 is 17.8 Å². The van der Waals surface area contributed by atoms with E-state index in [2.05, 4.69) is 10.3 Å². The van der Waals surface area contributed by atoms with E-state index in [0.717, 1.165) is 36.7 Å². The highest BCUT2D eigenvalue weighted by Crippen LogP contribution is 2.30. The number of rotatable bonds is 4. The standard InChI is InChI=1S/C26H23ClF3N3O2/c1-16-2-3-19(14-22(16)32-24(34)20-6-9-23(31-15-20)26(28,29)30)25(35)33-12-10-18(11-13-33)17-4-7-21(27)8-5-17/h2-9,14-15,18H,10-13H2,1H3,(H,32,34). The fourth-order valence-corrected chi connectivity index (χ4v) is 4.24. The quantitative estimate of drug-likeness (QED) is 0.454. The number of hydrogen-bond donors (Lipinski definition) is 1. The molecule has 0 saturated carbocycles. The first kappa shape index (κ1) is 24.7. The molecule has 1 aromatic heterocycles. The Labute approximate surface area is 205 Å². The summed E-state index contributed by atoms with van der Waals surface area (Å²) in [5, 5.41) is 3.37. The molecule has 0 spiro atoms. The molecule has 1 fully saturated rings. The number of piperidine rings is 1. The molecule has 1 aliphatic rings. The fraction of sp³-hybridized carbons (Fsp3) is 0.269. The number of anilines is 1. The molecule has 35 heavy (non-hydrogen) atoms. The van der Waals surface area contributed by atoms with Crippen LogP contribution in [0.1, 0.15) is 56.3 Å². The maximum atomic E-state index is 13.1. The van der Waals surface area contributed by atoms with Gasteiger partial charge in [-0.3, -0.25) is 14.6 Å². The van der Waals surface area contributed by atoms with E-state index in [1.54, 1.807) is 30.0 Å². The van der Waals surface area contributed by atoms with E-state index in [9.17, 15) is 22.8 Å². The molecule has 2 aromatic carbocycles. The Balaban J connectivity index is 1.42. The van der Waals surface area contributed by atoms with E-state index in [1.165, 1.54) is 5.56 Å². The number of carbonyl (C=O) groups excluding carboxylic acids is 2. The molecule has 182 valence electrons. The van der Waals surface area contributed by atoms with Gasteiger partial charge in [-0.1, -0.05) is 29.8 Å². The van der Waals surface area contributed by atoms with Gasteiger partial charge >= 0.3 is 6.18 Å². The highest BCUT2D eigenvalue weighted by Gasteiger charge is 2.32. The van der Waals surface area contributed by atoms with Gasteiger partial charge < -0.3 is 10.2 Å². The van der Waals surface area contributed by atoms with Crippen molar-refractivity contribution >= 4 is 29.1 Å². The maximum Gasteiger partial charge on any atom is 0.433 e. The van der Waals surface area contributed by atoms with Crippen molar-refractivity contribution < 1.29 is 22.8 Å². The predicted molar refractivity (Wildman–Crippen MR) is 128 cm³/mol. The predicted octanol–water partition coefficient (Wildman–Crippen LogP) is 6.33. The van der Waals surface area contributed by atoms with Crippen LogP contribution in [-0.2, 0) is 6.18 Å². The van der Waals surface area contributed by atoms with E-state index in [-0.39, 0.29) is 11.5 Å². The summed E-state index contributed by atoms with van der Waals surface area (Å²) in [7, 11) is 0. The van der Waals surface area contributed by atoms with Crippen molar-refractivity contribution in [3.63, 3.8) is 0 Å². The Morgan fingerprint density at radius 1 is 1.00 bits per heavy atom. The van der Waals surface area contributed by atoms with Crippen LogP contribution in [0, 0.1) is 6.92 Å². The minimum atomic E-state index is -4.58. The number of alkyl halides is 3. The number of amides is 2. The van der Waals surface area contributed by atoms with Gasteiger partial charge in [-0.2, -0.15) is 13.2 Å². The number of pyridine rings is 1. The van der Waals surface area contributed by atoms with Crippen molar-refractivity contribution in [2.75, 3.05) is 18.4 Å². The van der Waals surface area contributed by atoms with Crippen LogP contribution in [0.4, 0.5) is 18.9 Å². The molecule has 3 aromatic rings. The largest absolute Gasteiger partial charge is 0.433 e. The van der Waals surface area contributed by atoms with Crippen molar-refractivity contribution in [3.8, 4) is 0 Å². The number of aryl methyl sites for hydroxylation is 1. The van der Waals surface area contributed by atoms with Gasteiger partial charge in [0.15, 0.2) is 0 Å². The molecule has 0 atom stereocenters. The first-order valence-electron chi connectivity index (χ1n) is 11.1. The summed E-state index contributed by atoms with van der Waals surface area (Å²) in [5.41, 5.74) is 1.69. The molecule has 0 unspecified atom stereocenters. The average molecular weight is 502 g/mol. The lowest BCUT2D eigenvalue weighted by Gasteiger charge is -2.32. The van der Waals surface area contributed by atoms with Crippen molar-refractivity contribution in [2.45, 2.75) is 31.9 Å². The monoisotopic (exact) mass is 501 g/mol. The van der Waals surface area contributed by atoms with Crippen molar-refractivity contribution in [3.05, 3.63) is 93.8 Å². The van der Waals surface area contributed by atoms with Crippen LogP contribution in [0.15, 0.2) is 60.8 Å². The summed E-state index contributed by atoms with van der Waals surface area (Å²) >= 11 is 5.97. The molecule has 0 radical (unpaired) electrons. The van der Waals surface area contributed by atoms with Gasteiger partial charge in [0.2, 0.25) is 0 Å². The highest BCUT2D eigenvalue weighted by atomic mass is 35.5. The average Bonchev–Trinajstić information content (AvgIpc) is 2.85. The van der Waals surface area contributed by atoms with Gasteiger partial charge in [-0.15, -0.1) is 0 Å². The lowest BCUT2D eigenvalue weighted by molar-refractivity contribution is -0.141. The van der Waals surface area contributed by atoms with Crippen LogP contribution in [0.3, 0.4) is 0 Å². The number of halogens is 4. The normalized spacial score (nSPS) is 14.6. The molecule has 4 rings (SSSR count). The molecule has 5 nitrogen and oxygen atoms in total. The van der Waals surface area contributed by atoms with E-state index in [0.29, 0.717) is 35.3 Å². The van der Waals surface area contributed by atoms with E-state index in [4.69, 9.17) is 11.6 Å². The number of aromatic nitrogens is 1. The smallest absolute Gasteiger partial charge is 0.339 e. The topological polar surface area (TPSA) is 62.3 Å². The second-order valence-electron chi connectivity index (χ2n) is 8.53. The molecule has 1 aliphatic heterocycles. The van der Waals surface area contributed by atoms with Gasteiger partial charge in [0, 0.05) is 35.6 Å². The Kier molecular flexibility index (Phi) is 7.12. The number of nitrogens with zero attached hydrogens (tertiary/aromatic N) is 2. The third kappa shape index (κ3) is 5.82. The summed E-state index contributed by atoms with van der Waals surface area (Å²) in [4.78, 5) is 30.8. The molecule has 0 aliphatic carbocycles. The Bertz CT molecular complexity index is 1220. The van der Waals surface area contributed by atoms with Crippen LogP contribution in [-0.4, -0.2) is 34.8 Å². The molecular weight excluding hydrogens is 479 g/mol. The second kappa shape index (κ2) is 10.1. The first-order valence-corrected chi connectivity index (χ1v) is 11.5. The Hall–Kier alpha value is -3.39. The van der Waals surface area contributed by atoms with Crippen LogP contribution < -0.4 is 5.32 Å². The highest BCUT2D eigenvalue weighted by molar-refractivity contribution is 6.30. The van der Waals surface area contributed by atoms with Crippen molar-refractivity contribution in [1.82, 2.24) is 9.88 Å². The van der Waals surface area contributed by atoms with Crippen LogP contribution >= 0.6 is 11.6 Å². The van der Waals surface area contributed by atoms with Gasteiger partial charge in [0.05, 0.1) is 5.56 Å². The molecule has 0 bridgehead atoms. The number of nitrogens with one attached hydrogen (secondary N) is 1. The third-order valence-corrected chi connectivity index (χ3v) is 6.42. The van der Waals surface area contributed by atoms with Gasteiger partial charge in [0.1, 0.15) is 5.69 Å². The third-order valence-electron chi connectivity index (χ3n) is 6.17. The second-order valence-corrected chi connectivity index (χ2v) is 8.97.